The molecule has 1 unspecified atom stereocenters. The van der Waals surface area contributed by atoms with Crippen LogP contribution in [0.1, 0.15) is 26.7 Å². The van der Waals surface area contributed by atoms with E-state index in [2.05, 4.69) is 48.0 Å². The SMILES string of the molecule is CN(C)CCCN1CCN(C2CCNC2(C)C)CC1. The molecule has 1 atom stereocenters. The predicted molar refractivity (Wildman–Crippen MR) is 81.7 cm³/mol. The molecule has 4 heteroatoms. The highest BCUT2D eigenvalue weighted by molar-refractivity contribution is 4.99. The molecule has 0 aromatic rings. The van der Waals surface area contributed by atoms with Crippen LogP contribution >= 0.6 is 0 Å². The van der Waals surface area contributed by atoms with Gasteiger partial charge in [0.1, 0.15) is 0 Å². The van der Waals surface area contributed by atoms with Crippen molar-refractivity contribution in [2.45, 2.75) is 38.3 Å². The Hall–Kier alpha value is -0.160. The quantitative estimate of drug-likeness (QED) is 0.792. The third kappa shape index (κ3) is 4.15. The first kappa shape index (κ1) is 15.2. The van der Waals surface area contributed by atoms with Crippen LogP contribution in [0, 0.1) is 0 Å². The molecule has 0 aromatic carbocycles. The van der Waals surface area contributed by atoms with Crippen molar-refractivity contribution in [2.75, 3.05) is 59.9 Å². The van der Waals surface area contributed by atoms with E-state index in [1.165, 1.54) is 58.7 Å². The van der Waals surface area contributed by atoms with Gasteiger partial charge in [-0.25, -0.2) is 0 Å². The Morgan fingerprint density at radius 2 is 1.84 bits per heavy atom. The van der Waals surface area contributed by atoms with Crippen molar-refractivity contribution in [2.24, 2.45) is 0 Å². The Bertz CT molecular complexity index is 269. The third-order valence-corrected chi connectivity index (χ3v) is 4.76. The third-order valence-electron chi connectivity index (χ3n) is 4.76. The average Bonchev–Trinajstić information content (AvgIpc) is 2.69. The number of nitrogens with one attached hydrogen (secondary N) is 1. The molecule has 4 nitrogen and oxygen atoms in total. The maximum atomic E-state index is 3.64. The molecule has 0 saturated carbocycles. The van der Waals surface area contributed by atoms with E-state index in [0.717, 1.165) is 6.04 Å². The van der Waals surface area contributed by atoms with E-state index in [-0.39, 0.29) is 0 Å². The monoisotopic (exact) mass is 268 g/mol. The Balaban J connectivity index is 1.70. The minimum atomic E-state index is 0.299. The van der Waals surface area contributed by atoms with Crippen LogP contribution < -0.4 is 5.32 Å². The van der Waals surface area contributed by atoms with Gasteiger partial charge >= 0.3 is 0 Å². The lowest BCUT2D eigenvalue weighted by Gasteiger charge is -2.42. The molecular weight excluding hydrogens is 236 g/mol. The topological polar surface area (TPSA) is 21.8 Å². The van der Waals surface area contributed by atoms with Crippen molar-refractivity contribution < 1.29 is 0 Å². The number of rotatable bonds is 5. The Kier molecular flexibility index (Phi) is 5.23. The lowest BCUT2D eigenvalue weighted by Crippen LogP contribution is -2.57. The van der Waals surface area contributed by atoms with E-state index in [1.807, 2.05) is 0 Å². The second-order valence-electron chi connectivity index (χ2n) is 6.99. The fourth-order valence-corrected chi connectivity index (χ4v) is 3.56. The number of hydrogen-bond acceptors (Lipinski definition) is 4. The van der Waals surface area contributed by atoms with Gasteiger partial charge in [-0.3, -0.25) is 4.90 Å². The van der Waals surface area contributed by atoms with Crippen molar-refractivity contribution in [3.63, 3.8) is 0 Å². The molecule has 2 saturated heterocycles. The Labute approximate surface area is 119 Å². The average molecular weight is 268 g/mol. The van der Waals surface area contributed by atoms with Crippen LogP contribution in [0.25, 0.3) is 0 Å². The van der Waals surface area contributed by atoms with Gasteiger partial charge in [0.2, 0.25) is 0 Å². The van der Waals surface area contributed by atoms with Crippen LogP contribution in [-0.4, -0.2) is 86.2 Å². The molecule has 112 valence electrons. The molecular formula is C15H32N4. The van der Waals surface area contributed by atoms with E-state index >= 15 is 0 Å². The molecule has 19 heavy (non-hydrogen) atoms. The summed E-state index contributed by atoms with van der Waals surface area (Å²) in [5.74, 6) is 0. The lowest BCUT2D eigenvalue weighted by atomic mass is 9.95. The molecule has 0 aliphatic carbocycles. The zero-order chi connectivity index (χ0) is 13.9. The maximum absolute atomic E-state index is 3.64. The second-order valence-corrected chi connectivity index (χ2v) is 6.99. The molecule has 2 fully saturated rings. The highest BCUT2D eigenvalue weighted by atomic mass is 15.3. The van der Waals surface area contributed by atoms with Crippen LogP contribution in [0.15, 0.2) is 0 Å². The highest BCUT2D eigenvalue weighted by Crippen LogP contribution is 2.25. The standard InChI is InChI=1S/C15H32N4/c1-15(2)14(6-7-16-15)19-12-10-18(11-13-19)9-5-8-17(3)4/h14,16H,5-13H2,1-4H3. The molecule has 2 heterocycles. The van der Waals surface area contributed by atoms with Crippen LogP contribution in [0.3, 0.4) is 0 Å². The van der Waals surface area contributed by atoms with Crippen LogP contribution in [-0.2, 0) is 0 Å². The van der Waals surface area contributed by atoms with E-state index in [1.54, 1.807) is 0 Å². The predicted octanol–water partition coefficient (Wildman–Crippen LogP) is 0.696. The van der Waals surface area contributed by atoms with Crippen LogP contribution in [0.4, 0.5) is 0 Å². The summed E-state index contributed by atoms with van der Waals surface area (Å²) in [5, 5.41) is 3.64. The maximum Gasteiger partial charge on any atom is 0.0285 e. The highest BCUT2D eigenvalue weighted by Gasteiger charge is 2.38. The second kappa shape index (κ2) is 6.53. The van der Waals surface area contributed by atoms with Crippen LogP contribution in [0.2, 0.25) is 0 Å². The zero-order valence-electron chi connectivity index (χ0n) is 13.3. The zero-order valence-corrected chi connectivity index (χ0v) is 13.3. The smallest absolute Gasteiger partial charge is 0.0285 e. The first-order valence-corrected chi connectivity index (χ1v) is 7.85. The van der Waals surface area contributed by atoms with Gasteiger partial charge in [-0.05, 0) is 60.4 Å². The molecule has 2 rings (SSSR count). The van der Waals surface area contributed by atoms with Crippen molar-refractivity contribution >= 4 is 0 Å². The molecule has 0 spiro atoms. The Morgan fingerprint density at radius 1 is 1.16 bits per heavy atom. The van der Waals surface area contributed by atoms with Crippen molar-refractivity contribution in [3.8, 4) is 0 Å². The fourth-order valence-electron chi connectivity index (χ4n) is 3.56. The summed E-state index contributed by atoms with van der Waals surface area (Å²) in [6.45, 7) is 13.4. The Morgan fingerprint density at radius 3 is 2.37 bits per heavy atom. The summed E-state index contributed by atoms with van der Waals surface area (Å²) in [4.78, 5) is 7.63. The fraction of sp³-hybridized carbons (Fsp3) is 1.00. The summed E-state index contributed by atoms with van der Waals surface area (Å²) in [6.07, 6.45) is 2.61. The van der Waals surface area contributed by atoms with Crippen molar-refractivity contribution in [3.05, 3.63) is 0 Å². The molecule has 0 bridgehead atoms. The normalized spacial score (nSPS) is 29.2. The number of piperazine rings is 1. The first-order chi connectivity index (χ1) is 8.99. The minimum absolute atomic E-state index is 0.299. The molecule has 1 N–H and O–H groups in total. The summed E-state index contributed by atoms with van der Waals surface area (Å²) < 4.78 is 0. The summed E-state index contributed by atoms with van der Waals surface area (Å²) in [5.41, 5.74) is 0.299. The van der Waals surface area contributed by atoms with Gasteiger partial charge in [0.15, 0.2) is 0 Å². The van der Waals surface area contributed by atoms with Gasteiger partial charge in [-0.15, -0.1) is 0 Å². The van der Waals surface area contributed by atoms with E-state index in [0.29, 0.717) is 5.54 Å². The summed E-state index contributed by atoms with van der Waals surface area (Å²) >= 11 is 0. The van der Waals surface area contributed by atoms with E-state index < -0.39 is 0 Å². The van der Waals surface area contributed by atoms with Crippen LogP contribution in [0.5, 0.6) is 0 Å². The van der Waals surface area contributed by atoms with Crippen molar-refractivity contribution in [1.82, 2.24) is 20.0 Å². The number of hydrogen-bond donors (Lipinski definition) is 1. The van der Waals surface area contributed by atoms with E-state index in [4.69, 9.17) is 0 Å². The number of nitrogens with zero attached hydrogens (tertiary/aromatic N) is 3. The van der Waals surface area contributed by atoms with Gasteiger partial charge in [0.05, 0.1) is 0 Å². The molecule has 0 aromatic heterocycles. The summed E-state index contributed by atoms with van der Waals surface area (Å²) in [6, 6.07) is 0.733. The van der Waals surface area contributed by atoms with Gasteiger partial charge in [0.25, 0.3) is 0 Å². The largest absolute Gasteiger partial charge is 0.310 e. The summed E-state index contributed by atoms with van der Waals surface area (Å²) in [7, 11) is 4.32. The van der Waals surface area contributed by atoms with E-state index in [9.17, 15) is 0 Å². The lowest BCUT2D eigenvalue weighted by molar-refractivity contribution is 0.0724. The molecule has 2 aliphatic heterocycles. The van der Waals surface area contributed by atoms with Gasteiger partial charge < -0.3 is 15.1 Å². The molecule has 0 amide bonds. The first-order valence-electron chi connectivity index (χ1n) is 7.85. The van der Waals surface area contributed by atoms with Gasteiger partial charge in [-0.2, -0.15) is 0 Å². The van der Waals surface area contributed by atoms with Gasteiger partial charge in [0, 0.05) is 37.8 Å². The molecule has 0 radical (unpaired) electrons. The molecule has 2 aliphatic rings. The van der Waals surface area contributed by atoms with Gasteiger partial charge in [-0.1, -0.05) is 0 Å². The minimum Gasteiger partial charge on any atom is -0.310 e. The van der Waals surface area contributed by atoms with Crippen molar-refractivity contribution in [1.29, 1.82) is 0 Å².